The van der Waals surface area contributed by atoms with Gasteiger partial charge in [0, 0.05) is 13.6 Å². The summed E-state index contributed by atoms with van der Waals surface area (Å²) in [4.78, 5) is 5.71. The zero-order chi connectivity index (χ0) is 14.5. The van der Waals surface area contributed by atoms with Gasteiger partial charge in [-0.15, -0.1) is 0 Å². The Morgan fingerprint density at radius 1 is 1.42 bits per heavy atom. The molecular formula is C11H17F3N4S. The molecule has 0 saturated carbocycles. The molecule has 1 aromatic rings. The molecule has 0 aliphatic heterocycles. The van der Waals surface area contributed by atoms with E-state index < -0.39 is 11.7 Å². The van der Waals surface area contributed by atoms with Gasteiger partial charge in [0.15, 0.2) is 0 Å². The van der Waals surface area contributed by atoms with Crippen LogP contribution in [0.15, 0.2) is 12.1 Å². The van der Waals surface area contributed by atoms with Gasteiger partial charge < -0.3 is 10.3 Å². The van der Waals surface area contributed by atoms with Crippen molar-refractivity contribution in [2.45, 2.75) is 12.6 Å². The minimum Gasteiger partial charge on any atom is -0.360 e. The topological polar surface area (TPSA) is 54.2 Å². The smallest absolute Gasteiger partial charge is 0.360 e. The average Bonchev–Trinajstić information content (AvgIpc) is 2.37. The van der Waals surface area contributed by atoms with Crippen LogP contribution < -0.4 is 16.2 Å². The lowest BCUT2D eigenvalue weighted by molar-refractivity contribution is -0.137. The summed E-state index contributed by atoms with van der Waals surface area (Å²) in [6.45, 7) is 0.638. The fraction of sp³-hybridized carbons (Fsp3) is 0.545. The Kier molecular flexibility index (Phi) is 5.74. The van der Waals surface area contributed by atoms with Crippen molar-refractivity contribution in [1.29, 1.82) is 0 Å². The molecule has 0 spiro atoms. The van der Waals surface area contributed by atoms with E-state index in [1.54, 1.807) is 23.7 Å². The van der Waals surface area contributed by atoms with Crippen LogP contribution in [-0.2, 0) is 6.18 Å². The minimum absolute atomic E-state index is 0.00143. The van der Waals surface area contributed by atoms with Crippen LogP contribution in [0.25, 0.3) is 0 Å². The predicted octanol–water partition coefficient (Wildman–Crippen LogP) is 2.58. The lowest BCUT2D eigenvalue weighted by atomic mass is 10.2. The quantitative estimate of drug-likeness (QED) is 0.480. The van der Waals surface area contributed by atoms with E-state index in [0.29, 0.717) is 6.54 Å². The number of anilines is 2. The number of alkyl halides is 3. The van der Waals surface area contributed by atoms with Gasteiger partial charge in [0.2, 0.25) is 0 Å². The number of nitrogens with zero attached hydrogens (tertiary/aromatic N) is 2. The second-order valence-electron chi connectivity index (χ2n) is 4.01. The van der Waals surface area contributed by atoms with Crippen molar-refractivity contribution >= 4 is 23.4 Å². The second kappa shape index (κ2) is 6.85. The maximum atomic E-state index is 12.7. The van der Waals surface area contributed by atoms with Gasteiger partial charge in [-0.2, -0.15) is 24.9 Å². The first-order valence-electron chi connectivity index (χ1n) is 5.64. The van der Waals surface area contributed by atoms with Gasteiger partial charge in [-0.3, -0.25) is 0 Å². The first-order valence-corrected chi connectivity index (χ1v) is 7.04. The molecule has 1 heterocycles. The molecule has 0 saturated heterocycles. The number of nitrogen functional groups attached to an aromatic ring is 1. The van der Waals surface area contributed by atoms with Crippen molar-refractivity contribution in [1.82, 2.24) is 4.98 Å². The second-order valence-corrected chi connectivity index (χ2v) is 4.99. The molecule has 1 rings (SSSR count). The van der Waals surface area contributed by atoms with Crippen LogP contribution in [0, 0.1) is 0 Å². The summed E-state index contributed by atoms with van der Waals surface area (Å²) in [6.07, 6.45) is -1.55. The van der Waals surface area contributed by atoms with Crippen LogP contribution in [0.1, 0.15) is 12.0 Å². The summed E-state index contributed by atoms with van der Waals surface area (Å²) in [5.74, 6) is 6.36. The molecule has 3 N–H and O–H groups in total. The SMILES string of the molecule is CSCCCN(C)c1cc(C(F)(F)F)cc(NN)n1. The van der Waals surface area contributed by atoms with E-state index >= 15 is 0 Å². The molecular weight excluding hydrogens is 277 g/mol. The van der Waals surface area contributed by atoms with Gasteiger partial charge in [0.05, 0.1) is 5.56 Å². The number of pyridine rings is 1. The number of rotatable bonds is 6. The van der Waals surface area contributed by atoms with E-state index in [1.807, 2.05) is 6.26 Å². The minimum atomic E-state index is -4.41. The largest absolute Gasteiger partial charge is 0.416 e. The summed E-state index contributed by atoms with van der Waals surface area (Å²) in [5.41, 5.74) is 1.40. The lowest BCUT2D eigenvalue weighted by Crippen LogP contribution is -2.22. The average molecular weight is 294 g/mol. The van der Waals surface area contributed by atoms with E-state index in [2.05, 4.69) is 10.4 Å². The molecule has 1 aromatic heterocycles. The van der Waals surface area contributed by atoms with E-state index in [0.717, 1.165) is 24.3 Å². The van der Waals surface area contributed by atoms with Crippen molar-refractivity contribution in [3.8, 4) is 0 Å². The number of halogens is 3. The highest BCUT2D eigenvalue weighted by atomic mass is 32.2. The van der Waals surface area contributed by atoms with Crippen LogP contribution in [0.3, 0.4) is 0 Å². The molecule has 8 heteroatoms. The van der Waals surface area contributed by atoms with Crippen LogP contribution in [0.5, 0.6) is 0 Å². The van der Waals surface area contributed by atoms with Crippen LogP contribution in [-0.4, -0.2) is 30.6 Å². The molecule has 108 valence electrons. The Hall–Kier alpha value is -1.15. The molecule has 0 aromatic carbocycles. The predicted molar refractivity (Wildman–Crippen MR) is 73.3 cm³/mol. The van der Waals surface area contributed by atoms with Gasteiger partial charge in [0.25, 0.3) is 0 Å². The van der Waals surface area contributed by atoms with Gasteiger partial charge in [-0.05, 0) is 30.6 Å². The van der Waals surface area contributed by atoms with E-state index in [4.69, 9.17) is 5.84 Å². The third-order valence-corrected chi connectivity index (χ3v) is 3.22. The van der Waals surface area contributed by atoms with Crippen molar-refractivity contribution in [3.05, 3.63) is 17.7 Å². The number of nitrogens with two attached hydrogens (primary N) is 1. The first-order chi connectivity index (χ1) is 8.88. The number of hydrogen-bond acceptors (Lipinski definition) is 5. The molecule has 0 aliphatic carbocycles. The van der Waals surface area contributed by atoms with Crippen molar-refractivity contribution in [2.75, 3.05) is 35.9 Å². The van der Waals surface area contributed by atoms with Crippen molar-refractivity contribution < 1.29 is 13.2 Å². The molecule has 0 fully saturated rings. The van der Waals surface area contributed by atoms with Gasteiger partial charge >= 0.3 is 6.18 Å². The molecule has 0 radical (unpaired) electrons. The zero-order valence-corrected chi connectivity index (χ0v) is 11.6. The number of hydrazine groups is 1. The number of hydrogen-bond donors (Lipinski definition) is 2. The van der Waals surface area contributed by atoms with E-state index in [9.17, 15) is 13.2 Å². The maximum Gasteiger partial charge on any atom is 0.416 e. The van der Waals surface area contributed by atoms with Gasteiger partial charge in [-0.25, -0.2) is 10.8 Å². The molecule has 0 atom stereocenters. The van der Waals surface area contributed by atoms with Gasteiger partial charge in [-0.1, -0.05) is 0 Å². The third-order valence-electron chi connectivity index (χ3n) is 2.52. The molecule has 0 amide bonds. The Labute approximate surface area is 114 Å². The Morgan fingerprint density at radius 3 is 2.63 bits per heavy atom. The molecule has 0 bridgehead atoms. The lowest BCUT2D eigenvalue weighted by Gasteiger charge is -2.20. The maximum absolute atomic E-state index is 12.7. The fourth-order valence-corrected chi connectivity index (χ4v) is 1.93. The van der Waals surface area contributed by atoms with Gasteiger partial charge in [0.1, 0.15) is 11.6 Å². The van der Waals surface area contributed by atoms with Crippen molar-refractivity contribution in [2.24, 2.45) is 5.84 Å². The summed E-state index contributed by atoms with van der Waals surface area (Å²) >= 11 is 1.69. The van der Waals surface area contributed by atoms with Crippen LogP contribution >= 0.6 is 11.8 Å². The molecule has 0 unspecified atom stereocenters. The van der Waals surface area contributed by atoms with Crippen LogP contribution in [0.4, 0.5) is 24.8 Å². The molecule has 0 aliphatic rings. The van der Waals surface area contributed by atoms with Crippen LogP contribution in [0.2, 0.25) is 0 Å². The summed E-state index contributed by atoms with van der Waals surface area (Å²) in [5, 5.41) is 0. The van der Waals surface area contributed by atoms with E-state index in [-0.39, 0.29) is 11.6 Å². The third kappa shape index (κ3) is 4.79. The first kappa shape index (κ1) is 15.9. The number of thioether (sulfide) groups is 1. The highest BCUT2D eigenvalue weighted by Crippen LogP contribution is 2.32. The Balaban J connectivity index is 2.93. The summed E-state index contributed by atoms with van der Waals surface area (Å²) in [6, 6.07) is 1.92. The Bertz CT molecular complexity index is 411. The van der Waals surface area contributed by atoms with Crippen molar-refractivity contribution in [3.63, 3.8) is 0 Å². The monoisotopic (exact) mass is 294 g/mol. The summed E-state index contributed by atoms with van der Waals surface area (Å²) < 4.78 is 38.2. The molecule has 19 heavy (non-hydrogen) atoms. The standard InChI is InChI=1S/C11H17F3N4S/c1-18(4-3-5-19-2)10-7-8(11(12,13)14)6-9(16-10)17-15/h6-7H,3-5,15H2,1-2H3,(H,16,17). The normalized spacial score (nSPS) is 11.5. The summed E-state index contributed by atoms with van der Waals surface area (Å²) in [7, 11) is 1.71. The Morgan fingerprint density at radius 2 is 2.11 bits per heavy atom. The van der Waals surface area contributed by atoms with E-state index in [1.165, 1.54) is 0 Å². The number of nitrogens with one attached hydrogen (secondary N) is 1. The fourth-order valence-electron chi connectivity index (χ4n) is 1.51. The molecule has 4 nitrogen and oxygen atoms in total. The highest BCUT2D eigenvalue weighted by Gasteiger charge is 2.32. The number of aromatic nitrogens is 1. The zero-order valence-electron chi connectivity index (χ0n) is 10.8. The highest BCUT2D eigenvalue weighted by molar-refractivity contribution is 7.98.